The topological polar surface area (TPSA) is 58.6 Å². The van der Waals surface area contributed by atoms with Crippen molar-refractivity contribution in [3.8, 4) is 5.75 Å². The van der Waals surface area contributed by atoms with Crippen LogP contribution in [0.5, 0.6) is 5.75 Å². The average Bonchev–Trinajstić information content (AvgIpc) is 2.38. The number of carbonyl (C=O) groups excluding carboxylic acids is 1. The lowest BCUT2D eigenvalue weighted by Crippen LogP contribution is -2.25. The summed E-state index contributed by atoms with van der Waals surface area (Å²) in [5.41, 5.74) is 1.60. The second-order valence-corrected chi connectivity index (χ2v) is 4.24. The molecule has 0 aromatic heterocycles. The van der Waals surface area contributed by atoms with Gasteiger partial charge in [-0.15, -0.1) is 0 Å². The van der Waals surface area contributed by atoms with Crippen LogP contribution in [-0.2, 0) is 0 Å². The molecule has 18 heavy (non-hydrogen) atoms. The Morgan fingerprint density at radius 3 is 2.78 bits per heavy atom. The number of hydrogen-bond acceptors (Lipinski definition) is 3. The van der Waals surface area contributed by atoms with Crippen molar-refractivity contribution in [1.82, 2.24) is 5.32 Å². The van der Waals surface area contributed by atoms with E-state index in [2.05, 4.69) is 5.32 Å². The highest BCUT2D eigenvalue weighted by atomic mass is 16.5. The maximum absolute atomic E-state index is 12.0. The zero-order valence-corrected chi connectivity index (χ0v) is 11.0. The molecular weight excluding hydrogens is 230 g/mol. The first kappa shape index (κ1) is 14.5. The molecule has 0 radical (unpaired) electrons. The zero-order chi connectivity index (χ0) is 13.4. The number of carbonyl (C=O) groups is 1. The van der Waals surface area contributed by atoms with Crippen molar-refractivity contribution in [2.75, 3.05) is 20.3 Å². The van der Waals surface area contributed by atoms with Gasteiger partial charge in [0.2, 0.25) is 0 Å². The van der Waals surface area contributed by atoms with Crippen molar-refractivity contribution in [2.24, 2.45) is 0 Å². The molecule has 0 unspecified atom stereocenters. The Hall–Kier alpha value is -1.55. The van der Waals surface area contributed by atoms with Crippen LogP contribution < -0.4 is 10.1 Å². The molecule has 2 N–H and O–H groups in total. The molecule has 1 rings (SSSR count). The lowest BCUT2D eigenvalue weighted by atomic mass is 10.1. The largest absolute Gasteiger partial charge is 0.496 e. The van der Waals surface area contributed by atoms with E-state index in [9.17, 15) is 4.79 Å². The minimum Gasteiger partial charge on any atom is -0.496 e. The molecule has 0 atom stereocenters. The van der Waals surface area contributed by atoms with Crippen LogP contribution in [-0.4, -0.2) is 31.3 Å². The third-order valence-electron chi connectivity index (χ3n) is 2.72. The minimum absolute atomic E-state index is 0.112. The number of unbranched alkanes of at least 4 members (excludes halogenated alkanes) is 2. The summed E-state index contributed by atoms with van der Waals surface area (Å²) >= 11 is 0. The van der Waals surface area contributed by atoms with Gasteiger partial charge < -0.3 is 15.2 Å². The lowest BCUT2D eigenvalue weighted by Gasteiger charge is -2.10. The van der Waals surface area contributed by atoms with Gasteiger partial charge in [0.05, 0.1) is 12.7 Å². The van der Waals surface area contributed by atoms with E-state index >= 15 is 0 Å². The van der Waals surface area contributed by atoms with Crippen molar-refractivity contribution in [3.63, 3.8) is 0 Å². The van der Waals surface area contributed by atoms with Gasteiger partial charge in [0.1, 0.15) is 5.75 Å². The molecule has 100 valence electrons. The van der Waals surface area contributed by atoms with Gasteiger partial charge in [-0.2, -0.15) is 0 Å². The van der Waals surface area contributed by atoms with E-state index in [1.165, 1.54) is 0 Å². The number of hydrogen-bond donors (Lipinski definition) is 2. The molecule has 0 bridgehead atoms. The fraction of sp³-hybridized carbons (Fsp3) is 0.500. The standard InChI is InChI=1S/C14H21NO3/c1-11-6-7-13(18-2)12(10-11)14(17)15-8-4-3-5-9-16/h6-7,10,16H,3-5,8-9H2,1-2H3,(H,15,17). The van der Waals surface area contributed by atoms with Crippen LogP contribution in [0.3, 0.4) is 0 Å². The van der Waals surface area contributed by atoms with E-state index in [1.54, 1.807) is 13.2 Å². The van der Waals surface area contributed by atoms with Gasteiger partial charge in [0, 0.05) is 13.2 Å². The minimum atomic E-state index is -0.112. The number of methoxy groups -OCH3 is 1. The van der Waals surface area contributed by atoms with E-state index < -0.39 is 0 Å². The molecular formula is C14H21NO3. The predicted molar refractivity (Wildman–Crippen MR) is 71.0 cm³/mol. The van der Waals surface area contributed by atoms with E-state index in [0.29, 0.717) is 17.9 Å². The van der Waals surface area contributed by atoms with Crippen molar-refractivity contribution in [1.29, 1.82) is 0 Å². The first-order valence-electron chi connectivity index (χ1n) is 6.22. The molecule has 0 aliphatic rings. The number of amides is 1. The van der Waals surface area contributed by atoms with Crippen LogP contribution >= 0.6 is 0 Å². The molecule has 1 amide bonds. The molecule has 1 aromatic rings. The summed E-state index contributed by atoms with van der Waals surface area (Å²) < 4.78 is 5.17. The molecule has 0 aliphatic heterocycles. The molecule has 0 spiro atoms. The fourth-order valence-corrected chi connectivity index (χ4v) is 1.71. The number of benzene rings is 1. The van der Waals surface area contributed by atoms with E-state index in [-0.39, 0.29) is 12.5 Å². The monoisotopic (exact) mass is 251 g/mol. The highest BCUT2D eigenvalue weighted by Gasteiger charge is 2.11. The van der Waals surface area contributed by atoms with Crippen LogP contribution in [0.2, 0.25) is 0 Å². The van der Waals surface area contributed by atoms with Gasteiger partial charge >= 0.3 is 0 Å². The molecule has 4 nitrogen and oxygen atoms in total. The molecule has 0 saturated heterocycles. The van der Waals surface area contributed by atoms with Gasteiger partial charge in [-0.1, -0.05) is 11.6 Å². The Balaban J connectivity index is 2.52. The Labute approximate surface area is 108 Å². The van der Waals surface area contributed by atoms with E-state index in [1.807, 2.05) is 19.1 Å². The number of nitrogens with one attached hydrogen (secondary N) is 1. The molecule has 4 heteroatoms. The number of ether oxygens (including phenoxy) is 1. The Kier molecular flexibility index (Phi) is 6.22. The van der Waals surface area contributed by atoms with E-state index in [0.717, 1.165) is 24.8 Å². The quantitative estimate of drug-likeness (QED) is 0.728. The van der Waals surface area contributed by atoms with Crippen LogP contribution in [0.4, 0.5) is 0 Å². The highest BCUT2D eigenvalue weighted by molar-refractivity contribution is 5.97. The summed E-state index contributed by atoms with van der Waals surface area (Å²) in [4.78, 5) is 12.0. The average molecular weight is 251 g/mol. The normalized spacial score (nSPS) is 10.2. The molecule has 0 aliphatic carbocycles. The first-order chi connectivity index (χ1) is 8.69. The van der Waals surface area contributed by atoms with Gasteiger partial charge in [0.25, 0.3) is 5.91 Å². The van der Waals surface area contributed by atoms with Crippen molar-refractivity contribution in [3.05, 3.63) is 29.3 Å². The smallest absolute Gasteiger partial charge is 0.255 e. The highest BCUT2D eigenvalue weighted by Crippen LogP contribution is 2.19. The Morgan fingerprint density at radius 1 is 1.33 bits per heavy atom. The lowest BCUT2D eigenvalue weighted by molar-refractivity contribution is 0.0949. The maximum atomic E-state index is 12.0. The predicted octanol–water partition coefficient (Wildman–Crippen LogP) is 1.90. The third kappa shape index (κ3) is 4.37. The third-order valence-corrected chi connectivity index (χ3v) is 2.72. The SMILES string of the molecule is COc1ccc(C)cc1C(=O)NCCCCCO. The van der Waals surface area contributed by atoms with Crippen molar-refractivity contribution < 1.29 is 14.6 Å². The fourth-order valence-electron chi connectivity index (χ4n) is 1.71. The van der Waals surface area contributed by atoms with E-state index in [4.69, 9.17) is 9.84 Å². The van der Waals surface area contributed by atoms with Gasteiger partial charge in [0.15, 0.2) is 0 Å². The molecule has 0 heterocycles. The Bertz CT molecular complexity index is 391. The summed E-state index contributed by atoms with van der Waals surface area (Å²) in [6.07, 6.45) is 2.58. The number of aliphatic hydroxyl groups excluding tert-OH is 1. The first-order valence-corrected chi connectivity index (χ1v) is 6.22. The maximum Gasteiger partial charge on any atom is 0.255 e. The van der Waals surface area contributed by atoms with Gasteiger partial charge in [-0.25, -0.2) is 0 Å². The van der Waals surface area contributed by atoms with Crippen molar-refractivity contribution in [2.45, 2.75) is 26.2 Å². The second kappa shape index (κ2) is 7.71. The summed E-state index contributed by atoms with van der Waals surface area (Å²) in [7, 11) is 1.56. The number of aryl methyl sites for hydroxylation is 1. The summed E-state index contributed by atoms with van der Waals surface area (Å²) in [6, 6.07) is 5.54. The Morgan fingerprint density at radius 2 is 2.11 bits per heavy atom. The summed E-state index contributed by atoms with van der Waals surface area (Å²) in [5, 5.41) is 11.5. The van der Waals surface area contributed by atoms with Crippen LogP contribution in [0.1, 0.15) is 35.2 Å². The second-order valence-electron chi connectivity index (χ2n) is 4.24. The molecule has 1 aromatic carbocycles. The van der Waals surface area contributed by atoms with Crippen LogP contribution in [0.25, 0.3) is 0 Å². The number of aliphatic hydroxyl groups is 1. The van der Waals surface area contributed by atoms with Crippen LogP contribution in [0.15, 0.2) is 18.2 Å². The van der Waals surface area contributed by atoms with Crippen molar-refractivity contribution >= 4 is 5.91 Å². The van der Waals surface area contributed by atoms with Gasteiger partial charge in [-0.05, 0) is 38.3 Å². The summed E-state index contributed by atoms with van der Waals surface area (Å²) in [6.45, 7) is 2.77. The van der Waals surface area contributed by atoms with Crippen LogP contribution in [0, 0.1) is 6.92 Å². The number of rotatable bonds is 7. The zero-order valence-electron chi connectivity index (χ0n) is 11.0. The molecule has 0 fully saturated rings. The molecule has 0 saturated carbocycles. The summed E-state index contributed by atoms with van der Waals surface area (Å²) in [5.74, 6) is 0.480. The van der Waals surface area contributed by atoms with Gasteiger partial charge in [-0.3, -0.25) is 4.79 Å².